The van der Waals surface area contributed by atoms with E-state index in [-0.39, 0.29) is 17.8 Å². The van der Waals surface area contributed by atoms with E-state index in [4.69, 9.17) is 28.3 Å². The summed E-state index contributed by atoms with van der Waals surface area (Å²) in [6.45, 7) is 1.13. The number of H-pyrrole nitrogens is 1. The number of aromatic amines is 1. The monoisotopic (exact) mass is 396 g/mol. The summed E-state index contributed by atoms with van der Waals surface area (Å²) in [6.07, 6.45) is 2.38. The molecule has 0 aliphatic heterocycles. The van der Waals surface area contributed by atoms with Gasteiger partial charge in [-0.15, -0.1) is 5.10 Å². The van der Waals surface area contributed by atoms with Crippen molar-refractivity contribution in [2.24, 2.45) is 0 Å². The molecule has 0 amide bonds. The van der Waals surface area contributed by atoms with E-state index in [0.29, 0.717) is 34.6 Å². The average molecular weight is 397 g/mol. The van der Waals surface area contributed by atoms with Gasteiger partial charge in [0.1, 0.15) is 0 Å². The highest BCUT2D eigenvalue weighted by Gasteiger charge is 2.12. The second-order valence-electron chi connectivity index (χ2n) is 5.79. The summed E-state index contributed by atoms with van der Waals surface area (Å²) in [7, 11) is 0. The van der Waals surface area contributed by atoms with Crippen molar-refractivity contribution in [3.8, 4) is 0 Å². The molecular weight excluding hydrogens is 379 g/mol. The quantitative estimate of drug-likeness (QED) is 0.504. The molecule has 10 heteroatoms. The molecule has 0 unspecified atom stereocenters. The van der Waals surface area contributed by atoms with Gasteiger partial charge in [0, 0.05) is 19.7 Å². The molecule has 0 spiro atoms. The molecule has 2 aromatic heterocycles. The van der Waals surface area contributed by atoms with E-state index >= 15 is 0 Å². The fourth-order valence-corrected chi connectivity index (χ4v) is 2.84. The van der Waals surface area contributed by atoms with Gasteiger partial charge in [-0.3, -0.25) is 9.78 Å². The number of benzene rings is 1. The van der Waals surface area contributed by atoms with Gasteiger partial charge in [-0.2, -0.15) is 4.98 Å². The Bertz CT molecular complexity index is 956. The molecule has 3 aromatic rings. The van der Waals surface area contributed by atoms with Crippen LogP contribution in [0.1, 0.15) is 24.8 Å². The smallest absolute Gasteiger partial charge is 0.280 e. The van der Waals surface area contributed by atoms with Crippen LogP contribution in [0, 0.1) is 0 Å². The summed E-state index contributed by atoms with van der Waals surface area (Å²) in [5.74, 6) is 0.306. The van der Waals surface area contributed by atoms with Gasteiger partial charge in [0.15, 0.2) is 5.52 Å². The third-order valence-electron chi connectivity index (χ3n) is 3.85. The molecular formula is C16H18Cl2N6O2. The number of hydrogen-bond acceptors (Lipinski definition) is 6. The van der Waals surface area contributed by atoms with Gasteiger partial charge in [-0.1, -0.05) is 34.5 Å². The highest BCUT2D eigenvalue weighted by Crippen LogP contribution is 2.22. The zero-order valence-electron chi connectivity index (χ0n) is 13.9. The number of aliphatic hydroxyl groups is 1. The van der Waals surface area contributed by atoms with Gasteiger partial charge in [0.05, 0.1) is 10.0 Å². The SMILES string of the molecule is O=c1[nH]c(NCc2ccc(Cl)c(Cl)c2)nc2nnn(CCCCCO)c12. The fourth-order valence-electron chi connectivity index (χ4n) is 2.52. The Kier molecular flexibility index (Phi) is 6.08. The molecule has 0 radical (unpaired) electrons. The van der Waals surface area contributed by atoms with Gasteiger partial charge in [-0.25, -0.2) is 4.68 Å². The minimum absolute atomic E-state index is 0.161. The number of nitrogens with one attached hydrogen (secondary N) is 2. The molecule has 8 nitrogen and oxygen atoms in total. The molecule has 0 saturated heterocycles. The molecule has 3 rings (SSSR count). The summed E-state index contributed by atoms with van der Waals surface area (Å²) < 4.78 is 1.54. The zero-order valence-corrected chi connectivity index (χ0v) is 15.4. The van der Waals surface area contributed by atoms with Gasteiger partial charge < -0.3 is 10.4 Å². The fraction of sp³-hybridized carbons (Fsp3) is 0.375. The summed E-state index contributed by atoms with van der Waals surface area (Å²) in [6, 6.07) is 5.29. The van der Waals surface area contributed by atoms with E-state index in [2.05, 4.69) is 25.6 Å². The lowest BCUT2D eigenvalue weighted by Gasteiger charge is -2.06. The number of aliphatic hydroxyl groups excluding tert-OH is 1. The first-order chi connectivity index (χ1) is 12.6. The van der Waals surface area contributed by atoms with Crippen LogP contribution in [0.5, 0.6) is 0 Å². The number of aromatic nitrogens is 5. The summed E-state index contributed by atoms with van der Waals surface area (Å²) in [5.41, 5.74) is 1.22. The van der Waals surface area contributed by atoms with Crippen molar-refractivity contribution in [1.82, 2.24) is 25.0 Å². The average Bonchev–Trinajstić information content (AvgIpc) is 3.03. The Labute approximate surface area is 159 Å². The number of aryl methyl sites for hydroxylation is 1. The molecule has 0 aliphatic rings. The minimum Gasteiger partial charge on any atom is -0.396 e. The van der Waals surface area contributed by atoms with E-state index in [0.717, 1.165) is 24.8 Å². The Morgan fingerprint density at radius 3 is 2.81 bits per heavy atom. The number of rotatable bonds is 8. The maximum Gasteiger partial charge on any atom is 0.280 e. The maximum absolute atomic E-state index is 12.4. The van der Waals surface area contributed by atoms with Gasteiger partial charge in [0.25, 0.3) is 5.56 Å². The third kappa shape index (κ3) is 4.32. The Hall–Kier alpha value is -2.16. The van der Waals surface area contributed by atoms with Crippen LogP contribution in [0.2, 0.25) is 10.0 Å². The maximum atomic E-state index is 12.4. The number of hydrogen-bond donors (Lipinski definition) is 3. The number of unbranched alkanes of at least 4 members (excludes halogenated alkanes) is 2. The Morgan fingerprint density at radius 2 is 2.04 bits per heavy atom. The highest BCUT2D eigenvalue weighted by atomic mass is 35.5. The molecule has 0 fully saturated rings. The van der Waals surface area contributed by atoms with Crippen LogP contribution < -0.4 is 10.9 Å². The molecule has 3 N–H and O–H groups in total. The number of anilines is 1. The Balaban J connectivity index is 1.72. The van der Waals surface area contributed by atoms with Gasteiger partial charge in [0.2, 0.25) is 11.6 Å². The highest BCUT2D eigenvalue weighted by molar-refractivity contribution is 6.42. The largest absolute Gasteiger partial charge is 0.396 e. The van der Waals surface area contributed by atoms with Crippen LogP contribution in [-0.4, -0.2) is 36.7 Å². The first-order valence-corrected chi connectivity index (χ1v) is 8.96. The lowest BCUT2D eigenvalue weighted by molar-refractivity contribution is 0.281. The summed E-state index contributed by atoms with van der Waals surface area (Å²) in [5, 5.41) is 20.8. The second-order valence-corrected chi connectivity index (χ2v) is 6.60. The minimum atomic E-state index is -0.307. The van der Waals surface area contributed by atoms with Crippen LogP contribution in [0.3, 0.4) is 0 Å². The van der Waals surface area contributed by atoms with Crippen LogP contribution in [-0.2, 0) is 13.1 Å². The molecule has 1 aromatic carbocycles. The van der Waals surface area contributed by atoms with Crippen LogP contribution >= 0.6 is 23.2 Å². The van der Waals surface area contributed by atoms with Crippen molar-refractivity contribution in [2.45, 2.75) is 32.4 Å². The zero-order chi connectivity index (χ0) is 18.5. The molecule has 0 saturated carbocycles. The first-order valence-electron chi connectivity index (χ1n) is 8.20. The third-order valence-corrected chi connectivity index (χ3v) is 4.59. The topological polar surface area (TPSA) is 109 Å². The van der Waals surface area contributed by atoms with Crippen LogP contribution in [0.15, 0.2) is 23.0 Å². The molecule has 2 heterocycles. The molecule has 0 atom stereocenters. The van der Waals surface area contributed by atoms with Gasteiger partial charge in [-0.05, 0) is 37.0 Å². The summed E-state index contributed by atoms with van der Waals surface area (Å²) >= 11 is 11.9. The predicted octanol–water partition coefficient (Wildman–Crippen LogP) is 2.60. The number of nitrogens with zero attached hydrogens (tertiary/aromatic N) is 4. The molecule has 0 aliphatic carbocycles. The van der Waals surface area contributed by atoms with E-state index < -0.39 is 0 Å². The number of halogens is 2. The van der Waals surface area contributed by atoms with Crippen molar-refractivity contribution in [2.75, 3.05) is 11.9 Å². The van der Waals surface area contributed by atoms with Crippen molar-refractivity contribution in [3.05, 3.63) is 44.2 Å². The predicted molar refractivity (Wildman–Crippen MR) is 101 cm³/mol. The first kappa shape index (κ1) is 18.6. The normalized spacial score (nSPS) is 11.2. The lowest BCUT2D eigenvalue weighted by atomic mass is 10.2. The standard InChI is InChI=1S/C16H18Cl2N6O2/c17-11-5-4-10(8-12(11)18)9-19-16-20-14-13(15(26)21-16)24(23-22-14)6-2-1-3-7-25/h4-5,8,25H,1-3,6-7,9H2,(H2,19,20,21,26). The van der Waals surface area contributed by atoms with E-state index in [1.165, 1.54) is 0 Å². The molecule has 26 heavy (non-hydrogen) atoms. The van der Waals surface area contributed by atoms with Crippen LogP contribution in [0.4, 0.5) is 5.95 Å². The lowest BCUT2D eigenvalue weighted by Crippen LogP contribution is -2.16. The number of fused-ring (bicyclic) bond motifs is 1. The summed E-state index contributed by atoms with van der Waals surface area (Å²) in [4.78, 5) is 19.4. The van der Waals surface area contributed by atoms with E-state index in [1.54, 1.807) is 16.8 Å². The van der Waals surface area contributed by atoms with Crippen molar-refractivity contribution >= 4 is 40.3 Å². The second kappa shape index (κ2) is 8.48. The van der Waals surface area contributed by atoms with Crippen molar-refractivity contribution in [1.29, 1.82) is 0 Å². The van der Waals surface area contributed by atoms with Crippen molar-refractivity contribution in [3.63, 3.8) is 0 Å². The van der Waals surface area contributed by atoms with Crippen molar-refractivity contribution < 1.29 is 5.11 Å². The molecule has 138 valence electrons. The molecule has 0 bridgehead atoms. The Morgan fingerprint density at radius 1 is 1.19 bits per heavy atom. The van der Waals surface area contributed by atoms with E-state index in [9.17, 15) is 4.79 Å². The van der Waals surface area contributed by atoms with Crippen LogP contribution in [0.25, 0.3) is 11.2 Å². The van der Waals surface area contributed by atoms with Gasteiger partial charge >= 0.3 is 0 Å². The van der Waals surface area contributed by atoms with E-state index in [1.807, 2.05) is 6.07 Å².